The van der Waals surface area contributed by atoms with E-state index >= 15 is 0 Å². The largest absolute Gasteiger partial charge is 0.301 e. The molecule has 4 heteroatoms. The molecule has 0 radical (unpaired) electrons. The summed E-state index contributed by atoms with van der Waals surface area (Å²) < 4.78 is 0. The van der Waals surface area contributed by atoms with Gasteiger partial charge in [-0.25, -0.2) is 0 Å². The number of benzene rings is 1. The molecule has 1 aromatic carbocycles. The highest BCUT2D eigenvalue weighted by Gasteiger charge is 2.19. The van der Waals surface area contributed by atoms with Gasteiger partial charge in [-0.15, -0.1) is 11.6 Å². The number of rotatable bonds is 4. The highest BCUT2D eigenvalue weighted by molar-refractivity contribution is 6.31. The van der Waals surface area contributed by atoms with Crippen LogP contribution in [-0.2, 0) is 0 Å². The topological polar surface area (TPSA) is 6.48 Å². The molecule has 1 aromatic rings. The van der Waals surface area contributed by atoms with Gasteiger partial charge in [0.25, 0.3) is 0 Å². The molecule has 0 N–H and O–H groups in total. The molecule has 1 heterocycles. The fourth-order valence-electron chi connectivity index (χ4n) is 2.48. The fourth-order valence-corrected chi connectivity index (χ4v) is 2.93. The van der Waals surface area contributed by atoms with Gasteiger partial charge in [0.05, 0.1) is 5.38 Å². The van der Waals surface area contributed by atoms with Crippen molar-refractivity contribution in [2.75, 3.05) is 39.3 Å². The van der Waals surface area contributed by atoms with Gasteiger partial charge in [-0.2, -0.15) is 0 Å². The first-order chi connectivity index (χ1) is 9.10. The molecule has 19 heavy (non-hydrogen) atoms. The van der Waals surface area contributed by atoms with Crippen LogP contribution in [0.3, 0.4) is 0 Å². The number of aryl methyl sites for hydroxylation is 1. The molecule has 1 unspecified atom stereocenters. The summed E-state index contributed by atoms with van der Waals surface area (Å²) in [5.74, 6) is 0. The second kappa shape index (κ2) is 6.94. The summed E-state index contributed by atoms with van der Waals surface area (Å²) in [4.78, 5) is 4.93. The van der Waals surface area contributed by atoms with Crippen LogP contribution in [0.25, 0.3) is 0 Å². The third-order valence-corrected chi connectivity index (χ3v) is 4.69. The van der Waals surface area contributed by atoms with Gasteiger partial charge in [0.1, 0.15) is 0 Å². The van der Waals surface area contributed by atoms with Crippen LogP contribution >= 0.6 is 23.2 Å². The van der Waals surface area contributed by atoms with Crippen molar-refractivity contribution >= 4 is 23.2 Å². The third-order valence-electron chi connectivity index (χ3n) is 3.87. The molecular weight excluding hydrogens is 279 g/mol. The molecule has 2 rings (SSSR count). The second-order valence-electron chi connectivity index (χ2n) is 5.21. The predicted molar refractivity (Wildman–Crippen MR) is 83.3 cm³/mol. The van der Waals surface area contributed by atoms with Crippen molar-refractivity contribution in [2.45, 2.75) is 19.2 Å². The number of nitrogens with zero attached hydrogens (tertiary/aromatic N) is 2. The van der Waals surface area contributed by atoms with Crippen molar-refractivity contribution in [2.24, 2.45) is 0 Å². The first-order valence-corrected chi connectivity index (χ1v) is 7.76. The minimum Gasteiger partial charge on any atom is -0.301 e. The molecule has 0 bridgehead atoms. The van der Waals surface area contributed by atoms with E-state index < -0.39 is 0 Å². The smallest absolute Gasteiger partial charge is 0.0712 e. The van der Waals surface area contributed by atoms with E-state index in [1.807, 2.05) is 19.1 Å². The van der Waals surface area contributed by atoms with Crippen molar-refractivity contribution in [1.29, 1.82) is 0 Å². The summed E-state index contributed by atoms with van der Waals surface area (Å²) in [6.45, 7) is 10.8. The molecule has 0 amide bonds. The number of piperazine rings is 1. The summed E-state index contributed by atoms with van der Waals surface area (Å²) in [5.41, 5.74) is 2.27. The van der Waals surface area contributed by atoms with Crippen LogP contribution in [0.1, 0.15) is 23.4 Å². The van der Waals surface area contributed by atoms with E-state index in [0.717, 1.165) is 49.9 Å². The Balaban J connectivity index is 1.90. The van der Waals surface area contributed by atoms with Crippen LogP contribution in [0, 0.1) is 6.92 Å². The van der Waals surface area contributed by atoms with Crippen molar-refractivity contribution in [3.63, 3.8) is 0 Å². The van der Waals surface area contributed by atoms with E-state index in [-0.39, 0.29) is 5.38 Å². The Morgan fingerprint density at radius 2 is 1.79 bits per heavy atom. The molecular formula is C15H22Cl2N2. The van der Waals surface area contributed by atoms with Crippen LogP contribution in [0.5, 0.6) is 0 Å². The number of hydrogen-bond acceptors (Lipinski definition) is 2. The maximum Gasteiger partial charge on any atom is 0.0712 e. The Morgan fingerprint density at radius 3 is 2.37 bits per heavy atom. The molecule has 2 nitrogen and oxygen atoms in total. The van der Waals surface area contributed by atoms with Gasteiger partial charge < -0.3 is 4.90 Å². The Bertz CT molecular complexity index is 415. The zero-order chi connectivity index (χ0) is 13.8. The Labute approximate surface area is 126 Å². The zero-order valence-corrected chi connectivity index (χ0v) is 13.2. The fraction of sp³-hybridized carbons (Fsp3) is 0.600. The van der Waals surface area contributed by atoms with E-state index in [1.165, 1.54) is 5.56 Å². The van der Waals surface area contributed by atoms with E-state index in [0.29, 0.717) is 0 Å². The first kappa shape index (κ1) is 15.1. The molecule has 0 aliphatic carbocycles. The molecule has 1 fully saturated rings. The molecule has 0 aromatic heterocycles. The van der Waals surface area contributed by atoms with E-state index in [2.05, 4.69) is 22.8 Å². The van der Waals surface area contributed by atoms with Gasteiger partial charge in [0.2, 0.25) is 0 Å². The van der Waals surface area contributed by atoms with E-state index in [9.17, 15) is 0 Å². The van der Waals surface area contributed by atoms with Gasteiger partial charge in [0, 0.05) is 37.7 Å². The number of likely N-dealkylation sites (N-methyl/N-ethyl adjacent to an activating group) is 1. The van der Waals surface area contributed by atoms with E-state index in [1.54, 1.807) is 0 Å². The molecule has 106 valence electrons. The minimum atomic E-state index is 0.0455. The summed E-state index contributed by atoms with van der Waals surface area (Å²) in [5, 5.41) is 0.855. The quantitative estimate of drug-likeness (QED) is 0.785. The summed E-state index contributed by atoms with van der Waals surface area (Å²) >= 11 is 12.6. The molecule has 1 aliphatic rings. The summed E-state index contributed by atoms with van der Waals surface area (Å²) in [7, 11) is 0. The molecule has 1 saturated heterocycles. The third kappa shape index (κ3) is 4.09. The predicted octanol–water partition coefficient (Wildman–Crippen LogP) is 3.57. The number of hydrogen-bond donors (Lipinski definition) is 0. The Hall–Kier alpha value is -0.280. The van der Waals surface area contributed by atoms with Gasteiger partial charge in [0.15, 0.2) is 0 Å². The average Bonchev–Trinajstić information content (AvgIpc) is 2.42. The zero-order valence-electron chi connectivity index (χ0n) is 11.7. The summed E-state index contributed by atoms with van der Waals surface area (Å²) in [6, 6.07) is 6.08. The Kier molecular flexibility index (Phi) is 5.52. The van der Waals surface area contributed by atoms with Crippen LogP contribution in [0.15, 0.2) is 18.2 Å². The lowest BCUT2D eigenvalue weighted by atomic mass is 10.1. The van der Waals surface area contributed by atoms with Crippen LogP contribution < -0.4 is 0 Å². The van der Waals surface area contributed by atoms with Crippen LogP contribution in [0.4, 0.5) is 0 Å². The standard InChI is InChI=1S/C15H22Cl2N2/c1-3-18-6-8-19(9-7-18)11-15(17)13-4-5-14(16)12(2)10-13/h4-5,10,15H,3,6-9,11H2,1-2H3. The van der Waals surface area contributed by atoms with Gasteiger partial charge in [-0.1, -0.05) is 30.7 Å². The maximum absolute atomic E-state index is 6.54. The van der Waals surface area contributed by atoms with Crippen molar-refractivity contribution in [3.05, 3.63) is 34.3 Å². The monoisotopic (exact) mass is 300 g/mol. The SMILES string of the molecule is CCN1CCN(CC(Cl)c2ccc(Cl)c(C)c2)CC1. The van der Waals surface area contributed by atoms with Crippen molar-refractivity contribution < 1.29 is 0 Å². The normalized spacial score (nSPS) is 19.6. The van der Waals surface area contributed by atoms with Crippen molar-refractivity contribution in [1.82, 2.24) is 9.80 Å². The summed E-state index contributed by atoms with van der Waals surface area (Å²) in [6.07, 6.45) is 0. The van der Waals surface area contributed by atoms with Crippen LogP contribution in [-0.4, -0.2) is 49.1 Å². The van der Waals surface area contributed by atoms with Gasteiger partial charge in [-0.3, -0.25) is 4.90 Å². The highest BCUT2D eigenvalue weighted by Crippen LogP contribution is 2.26. The average molecular weight is 301 g/mol. The lowest BCUT2D eigenvalue weighted by Gasteiger charge is -2.35. The first-order valence-electron chi connectivity index (χ1n) is 6.95. The highest BCUT2D eigenvalue weighted by atomic mass is 35.5. The number of alkyl halides is 1. The molecule has 1 aliphatic heterocycles. The van der Waals surface area contributed by atoms with Gasteiger partial charge >= 0.3 is 0 Å². The van der Waals surface area contributed by atoms with Gasteiger partial charge in [-0.05, 0) is 30.7 Å². The lowest BCUT2D eigenvalue weighted by Crippen LogP contribution is -2.46. The lowest BCUT2D eigenvalue weighted by molar-refractivity contribution is 0.137. The number of halogens is 2. The Morgan fingerprint density at radius 1 is 1.16 bits per heavy atom. The minimum absolute atomic E-state index is 0.0455. The molecule has 1 atom stereocenters. The second-order valence-corrected chi connectivity index (χ2v) is 6.15. The van der Waals surface area contributed by atoms with Crippen LogP contribution in [0.2, 0.25) is 5.02 Å². The molecule has 0 spiro atoms. The van der Waals surface area contributed by atoms with E-state index in [4.69, 9.17) is 23.2 Å². The molecule has 0 saturated carbocycles. The maximum atomic E-state index is 6.54. The van der Waals surface area contributed by atoms with Crippen molar-refractivity contribution in [3.8, 4) is 0 Å².